The van der Waals surface area contributed by atoms with Crippen molar-refractivity contribution in [2.24, 2.45) is 5.92 Å². The van der Waals surface area contributed by atoms with Crippen LogP contribution in [0.2, 0.25) is 0 Å². The molecule has 0 aromatic heterocycles. The number of amides is 1. The Morgan fingerprint density at radius 2 is 2.00 bits per heavy atom. The number of ether oxygens (including phenoxy) is 2. The Hall–Kier alpha value is -0.810. The molecular formula is C12H20ClNO4. The molecule has 104 valence electrons. The number of nitrogens with one attached hydrogen (secondary N) is 1. The number of carbonyl (C=O) groups is 2. The van der Waals surface area contributed by atoms with Crippen LogP contribution in [0.25, 0.3) is 0 Å². The predicted octanol–water partition coefficient (Wildman–Crippen LogP) is 1.43. The van der Waals surface area contributed by atoms with Crippen molar-refractivity contribution < 1.29 is 19.1 Å². The normalized spacial score (nSPS) is 35.9. The quantitative estimate of drug-likeness (QED) is 0.626. The standard InChI is InChI=1S/C12H20ClNO4/c1-5-9-6(2)11(17-8(4)16)10(12(13)18-9)14-7(3)15/h6,9-12H,5H2,1-4H3,(H,14,15). The fourth-order valence-corrected chi connectivity index (χ4v) is 2.62. The van der Waals surface area contributed by atoms with E-state index in [-0.39, 0.29) is 23.9 Å². The van der Waals surface area contributed by atoms with Crippen molar-refractivity contribution >= 4 is 23.5 Å². The van der Waals surface area contributed by atoms with E-state index in [9.17, 15) is 9.59 Å². The molecular weight excluding hydrogens is 258 g/mol. The van der Waals surface area contributed by atoms with Crippen molar-refractivity contribution in [3.63, 3.8) is 0 Å². The van der Waals surface area contributed by atoms with Gasteiger partial charge in [0.15, 0.2) is 5.56 Å². The van der Waals surface area contributed by atoms with Crippen molar-refractivity contribution in [3.05, 3.63) is 0 Å². The Morgan fingerprint density at radius 3 is 2.44 bits per heavy atom. The second-order valence-corrected chi connectivity index (χ2v) is 5.02. The van der Waals surface area contributed by atoms with Crippen LogP contribution in [0.3, 0.4) is 0 Å². The smallest absolute Gasteiger partial charge is 0.302 e. The summed E-state index contributed by atoms with van der Waals surface area (Å²) in [7, 11) is 0. The van der Waals surface area contributed by atoms with Crippen LogP contribution in [0.5, 0.6) is 0 Å². The molecule has 1 aliphatic heterocycles. The topological polar surface area (TPSA) is 64.6 Å². The molecule has 0 aromatic rings. The van der Waals surface area contributed by atoms with Gasteiger partial charge in [0.1, 0.15) is 12.1 Å². The molecule has 1 saturated heterocycles. The van der Waals surface area contributed by atoms with E-state index in [2.05, 4.69) is 5.32 Å². The predicted molar refractivity (Wildman–Crippen MR) is 67.1 cm³/mol. The third kappa shape index (κ3) is 3.59. The minimum atomic E-state index is -0.695. The highest BCUT2D eigenvalue weighted by Gasteiger charge is 2.44. The fraction of sp³-hybridized carbons (Fsp3) is 0.833. The van der Waals surface area contributed by atoms with Gasteiger partial charge >= 0.3 is 5.97 Å². The number of esters is 1. The number of hydrogen-bond acceptors (Lipinski definition) is 4. The van der Waals surface area contributed by atoms with Gasteiger partial charge in [-0.1, -0.05) is 25.4 Å². The van der Waals surface area contributed by atoms with E-state index < -0.39 is 17.7 Å². The van der Waals surface area contributed by atoms with Crippen molar-refractivity contribution in [3.8, 4) is 0 Å². The summed E-state index contributed by atoms with van der Waals surface area (Å²) in [5, 5.41) is 2.69. The Labute approximate surface area is 112 Å². The number of alkyl halides is 1. The summed E-state index contributed by atoms with van der Waals surface area (Å²) in [5.41, 5.74) is -0.695. The van der Waals surface area contributed by atoms with E-state index in [1.54, 1.807) is 0 Å². The molecule has 1 heterocycles. The van der Waals surface area contributed by atoms with E-state index >= 15 is 0 Å². The third-order valence-electron chi connectivity index (χ3n) is 3.12. The minimum absolute atomic E-state index is 0.0225. The highest BCUT2D eigenvalue weighted by molar-refractivity contribution is 6.20. The summed E-state index contributed by atoms with van der Waals surface area (Å²) >= 11 is 6.12. The maximum Gasteiger partial charge on any atom is 0.302 e. The van der Waals surface area contributed by atoms with E-state index in [1.807, 2.05) is 13.8 Å². The molecule has 1 aliphatic rings. The van der Waals surface area contributed by atoms with Gasteiger partial charge in [-0.25, -0.2) is 0 Å². The molecule has 5 atom stereocenters. The van der Waals surface area contributed by atoms with Crippen LogP contribution in [0.1, 0.15) is 34.1 Å². The lowest BCUT2D eigenvalue weighted by molar-refractivity contribution is -0.172. The molecule has 5 unspecified atom stereocenters. The lowest BCUT2D eigenvalue weighted by Gasteiger charge is -2.43. The zero-order valence-electron chi connectivity index (χ0n) is 11.1. The maximum atomic E-state index is 11.2. The van der Waals surface area contributed by atoms with Crippen LogP contribution in [0.15, 0.2) is 0 Å². The molecule has 0 saturated carbocycles. The van der Waals surface area contributed by atoms with Crippen LogP contribution in [-0.2, 0) is 19.1 Å². The summed E-state index contributed by atoms with van der Waals surface area (Å²) in [6.07, 6.45) is 0.226. The molecule has 6 heteroatoms. The molecule has 0 spiro atoms. The molecule has 1 rings (SSSR count). The Kier molecular flexibility index (Phi) is 5.41. The summed E-state index contributed by atoms with van der Waals surface area (Å²) in [6.45, 7) is 6.65. The maximum absolute atomic E-state index is 11.2. The molecule has 0 aliphatic carbocycles. The second kappa shape index (κ2) is 6.38. The first kappa shape index (κ1) is 15.2. The van der Waals surface area contributed by atoms with Crippen LogP contribution >= 0.6 is 11.6 Å². The largest absolute Gasteiger partial charge is 0.460 e. The number of rotatable bonds is 3. The highest BCUT2D eigenvalue weighted by atomic mass is 35.5. The van der Waals surface area contributed by atoms with Gasteiger partial charge in [0.2, 0.25) is 5.91 Å². The van der Waals surface area contributed by atoms with Crippen LogP contribution < -0.4 is 5.32 Å². The lowest BCUT2D eigenvalue weighted by atomic mass is 9.88. The van der Waals surface area contributed by atoms with E-state index in [1.165, 1.54) is 13.8 Å². The van der Waals surface area contributed by atoms with Crippen LogP contribution in [0.4, 0.5) is 0 Å². The number of carbonyl (C=O) groups excluding carboxylic acids is 2. The zero-order valence-corrected chi connectivity index (χ0v) is 11.9. The molecule has 1 N–H and O–H groups in total. The van der Waals surface area contributed by atoms with Crippen LogP contribution in [0, 0.1) is 5.92 Å². The Balaban J connectivity index is 2.89. The van der Waals surface area contributed by atoms with Gasteiger partial charge in [0.25, 0.3) is 0 Å². The van der Waals surface area contributed by atoms with Gasteiger partial charge in [-0.3, -0.25) is 9.59 Å². The number of halogens is 1. The monoisotopic (exact) mass is 277 g/mol. The molecule has 5 nitrogen and oxygen atoms in total. The molecule has 0 aromatic carbocycles. The molecule has 0 bridgehead atoms. The fourth-order valence-electron chi connectivity index (χ4n) is 2.29. The average molecular weight is 278 g/mol. The second-order valence-electron chi connectivity index (χ2n) is 4.59. The molecule has 1 fully saturated rings. The SMILES string of the molecule is CCC1OC(Cl)C(NC(C)=O)C(OC(C)=O)C1C. The first-order valence-electron chi connectivity index (χ1n) is 6.10. The van der Waals surface area contributed by atoms with Crippen molar-refractivity contribution in [2.75, 3.05) is 0 Å². The van der Waals surface area contributed by atoms with Gasteiger partial charge < -0.3 is 14.8 Å². The van der Waals surface area contributed by atoms with Gasteiger partial charge in [-0.05, 0) is 6.42 Å². The minimum Gasteiger partial charge on any atom is -0.460 e. The first-order valence-corrected chi connectivity index (χ1v) is 6.54. The van der Waals surface area contributed by atoms with E-state index in [0.29, 0.717) is 0 Å². The average Bonchev–Trinajstić information content (AvgIpc) is 2.27. The van der Waals surface area contributed by atoms with E-state index in [0.717, 1.165) is 6.42 Å². The van der Waals surface area contributed by atoms with Gasteiger partial charge in [-0.15, -0.1) is 0 Å². The molecule has 18 heavy (non-hydrogen) atoms. The van der Waals surface area contributed by atoms with Gasteiger partial charge in [-0.2, -0.15) is 0 Å². The first-order chi connectivity index (χ1) is 8.36. The Bertz CT molecular complexity index is 323. The highest BCUT2D eigenvalue weighted by Crippen LogP contribution is 2.31. The van der Waals surface area contributed by atoms with Crippen molar-refractivity contribution in [1.29, 1.82) is 0 Å². The lowest BCUT2D eigenvalue weighted by Crippen LogP contribution is -2.59. The van der Waals surface area contributed by atoms with E-state index in [4.69, 9.17) is 21.1 Å². The number of hydrogen-bond donors (Lipinski definition) is 1. The summed E-state index contributed by atoms with van der Waals surface area (Å²) < 4.78 is 10.9. The molecule has 0 radical (unpaired) electrons. The van der Waals surface area contributed by atoms with Gasteiger partial charge in [0, 0.05) is 19.8 Å². The van der Waals surface area contributed by atoms with Crippen LogP contribution in [-0.4, -0.2) is 35.7 Å². The summed E-state index contributed by atoms with van der Waals surface area (Å²) in [6, 6.07) is -0.522. The van der Waals surface area contributed by atoms with Crippen molar-refractivity contribution in [2.45, 2.75) is 57.9 Å². The van der Waals surface area contributed by atoms with Gasteiger partial charge in [0.05, 0.1) is 6.10 Å². The van der Waals surface area contributed by atoms with Crippen molar-refractivity contribution in [1.82, 2.24) is 5.32 Å². The molecule has 1 amide bonds. The third-order valence-corrected chi connectivity index (χ3v) is 3.49. The summed E-state index contributed by atoms with van der Waals surface area (Å²) in [4.78, 5) is 22.4. The zero-order chi connectivity index (χ0) is 13.9. The summed E-state index contributed by atoms with van der Waals surface area (Å²) in [5.74, 6) is -0.637. The Morgan fingerprint density at radius 1 is 1.39 bits per heavy atom.